The van der Waals surface area contributed by atoms with E-state index in [2.05, 4.69) is 23.6 Å². The van der Waals surface area contributed by atoms with Crippen LogP contribution >= 0.6 is 23.5 Å². The molecule has 19 nitrogen and oxygen atoms in total. The van der Waals surface area contributed by atoms with Gasteiger partial charge in [0.1, 0.15) is 30.3 Å². The Morgan fingerprint density at radius 2 is 1.83 bits per heavy atom. The number of fused-ring (bicyclic) bond motifs is 1. The standard InChI is InChI=1S/C19H25N6O13P3/c1-10(20)11-4-2-3-5-12(11)19(26)36-13-6-15(25-9-24-16-17(21)22-8-23-18(16)25)35-14(13)7-34-40(30,31)38-41(32,33)37-39(27,28)29/h2-5,8-10,13-15H,6-7,20H2,1H3,(H,30,31)(H,32,33)(H2,21,22,23)(H2,27,28,29)/t10?,13-,14?,15-/m1/s1. The van der Waals surface area contributed by atoms with Crippen LogP contribution in [0.5, 0.6) is 0 Å². The van der Waals surface area contributed by atoms with E-state index in [1.807, 2.05) is 0 Å². The number of esters is 1. The molecule has 6 atom stereocenters. The molecular formula is C19H25N6O13P3. The second-order valence-electron chi connectivity index (χ2n) is 8.65. The summed E-state index contributed by atoms with van der Waals surface area (Å²) in [5.74, 6) is -0.705. The molecule has 8 N–H and O–H groups in total. The van der Waals surface area contributed by atoms with Gasteiger partial charge in [-0.15, -0.1) is 0 Å². The summed E-state index contributed by atoms with van der Waals surface area (Å²) in [6.45, 7) is 0.806. The molecule has 1 aromatic carbocycles. The lowest BCUT2D eigenvalue weighted by Crippen LogP contribution is -2.31. The van der Waals surface area contributed by atoms with Gasteiger partial charge in [-0.05, 0) is 18.6 Å². The van der Waals surface area contributed by atoms with Crippen LogP contribution in [0.15, 0.2) is 36.9 Å². The minimum atomic E-state index is -5.75. The van der Waals surface area contributed by atoms with Crippen LogP contribution in [0.3, 0.4) is 0 Å². The molecule has 3 aromatic rings. The largest absolute Gasteiger partial charge is 0.490 e. The van der Waals surface area contributed by atoms with E-state index in [-0.39, 0.29) is 29.0 Å². The number of benzene rings is 1. The highest BCUT2D eigenvalue weighted by Crippen LogP contribution is 2.66. The smallest absolute Gasteiger partial charge is 0.456 e. The monoisotopic (exact) mass is 638 g/mol. The lowest BCUT2D eigenvalue weighted by atomic mass is 10.0. The molecule has 1 aliphatic heterocycles. The fourth-order valence-corrected chi connectivity index (χ4v) is 7.01. The van der Waals surface area contributed by atoms with Crippen molar-refractivity contribution in [2.24, 2.45) is 5.73 Å². The molecule has 0 bridgehead atoms. The summed E-state index contributed by atoms with van der Waals surface area (Å²) < 4.78 is 60.0. The third kappa shape index (κ3) is 7.81. The zero-order valence-corrected chi connectivity index (χ0v) is 23.6. The number of nitrogens with zero attached hydrogens (tertiary/aromatic N) is 4. The number of rotatable bonds is 11. The van der Waals surface area contributed by atoms with Gasteiger partial charge in [-0.1, -0.05) is 18.2 Å². The van der Waals surface area contributed by atoms with Gasteiger partial charge in [-0.25, -0.2) is 33.4 Å². The van der Waals surface area contributed by atoms with E-state index >= 15 is 0 Å². The number of ether oxygens (including phenoxy) is 2. The van der Waals surface area contributed by atoms with Crippen molar-refractivity contribution < 1.29 is 60.7 Å². The topological polar surface area (TPSA) is 291 Å². The molecule has 2 aromatic heterocycles. The van der Waals surface area contributed by atoms with Crippen molar-refractivity contribution in [1.29, 1.82) is 0 Å². The lowest BCUT2D eigenvalue weighted by molar-refractivity contribution is -0.0490. The second-order valence-corrected chi connectivity index (χ2v) is 13.1. The Morgan fingerprint density at radius 1 is 1.12 bits per heavy atom. The molecule has 3 heterocycles. The average molecular weight is 638 g/mol. The van der Waals surface area contributed by atoms with E-state index in [4.69, 9.17) is 35.3 Å². The van der Waals surface area contributed by atoms with Crippen molar-refractivity contribution in [2.45, 2.75) is 37.8 Å². The first kappa shape index (κ1) is 31.3. The lowest BCUT2D eigenvalue weighted by Gasteiger charge is -2.21. The predicted molar refractivity (Wildman–Crippen MR) is 136 cm³/mol. The first-order valence-electron chi connectivity index (χ1n) is 11.5. The molecule has 0 aliphatic carbocycles. The van der Waals surface area contributed by atoms with Gasteiger partial charge in [0.25, 0.3) is 0 Å². The highest BCUT2D eigenvalue weighted by atomic mass is 31.3. The molecule has 0 saturated carbocycles. The summed E-state index contributed by atoms with van der Waals surface area (Å²) >= 11 is 0. The zero-order valence-electron chi connectivity index (χ0n) is 20.9. The molecule has 1 aliphatic rings. The third-order valence-electron chi connectivity index (χ3n) is 5.63. The molecule has 4 rings (SSSR count). The van der Waals surface area contributed by atoms with Crippen molar-refractivity contribution in [3.8, 4) is 0 Å². The van der Waals surface area contributed by atoms with Crippen molar-refractivity contribution in [2.75, 3.05) is 12.3 Å². The van der Waals surface area contributed by atoms with Gasteiger partial charge in [0.05, 0.1) is 18.5 Å². The first-order chi connectivity index (χ1) is 19.1. The number of phosphoric ester groups is 1. The van der Waals surface area contributed by atoms with E-state index in [0.717, 1.165) is 0 Å². The van der Waals surface area contributed by atoms with Gasteiger partial charge in [-0.3, -0.25) is 9.09 Å². The van der Waals surface area contributed by atoms with Crippen LogP contribution in [0.25, 0.3) is 11.2 Å². The van der Waals surface area contributed by atoms with Crippen molar-refractivity contribution in [1.82, 2.24) is 19.5 Å². The van der Waals surface area contributed by atoms with Crippen molar-refractivity contribution >= 4 is 46.4 Å². The van der Waals surface area contributed by atoms with Crippen molar-refractivity contribution in [3.63, 3.8) is 0 Å². The maximum absolute atomic E-state index is 13.1. The Bertz CT molecular complexity index is 1580. The Morgan fingerprint density at radius 3 is 2.51 bits per heavy atom. The molecule has 0 radical (unpaired) electrons. The van der Waals surface area contributed by atoms with Gasteiger partial charge in [0.15, 0.2) is 11.5 Å². The number of carbonyl (C=O) groups is 1. The molecule has 0 spiro atoms. The van der Waals surface area contributed by atoms with Gasteiger partial charge in [-0.2, -0.15) is 8.62 Å². The van der Waals surface area contributed by atoms with Crippen LogP contribution in [-0.4, -0.2) is 63.9 Å². The van der Waals surface area contributed by atoms with E-state index in [0.29, 0.717) is 5.56 Å². The number of hydrogen-bond donors (Lipinski definition) is 6. The fourth-order valence-electron chi connectivity index (χ4n) is 3.98. The molecule has 1 fully saturated rings. The van der Waals surface area contributed by atoms with E-state index in [1.165, 1.54) is 23.3 Å². The SMILES string of the molecule is CC(N)c1ccccc1C(=O)O[C@@H]1C[C@H](n2cnc3c(N)ncnc32)OC1COP(=O)(O)OP(=O)(O)OP(=O)(O)O. The van der Waals surface area contributed by atoms with Crippen LogP contribution < -0.4 is 11.5 Å². The molecular weight excluding hydrogens is 613 g/mol. The summed E-state index contributed by atoms with van der Waals surface area (Å²) in [6.07, 6.45) is -0.864. The van der Waals surface area contributed by atoms with Gasteiger partial charge < -0.3 is 40.5 Å². The molecule has 4 unspecified atom stereocenters. The van der Waals surface area contributed by atoms with Gasteiger partial charge >= 0.3 is 29.4 Å². The normalized spacial score (nSPS) is 23.1. The summed E-state index contributed by atoms with van der Waals surface area (Å²) in [7, 11) is -16.8. The van der Waals surface area contributed by atoms with Gasteiger partial charge in [0, 0.05) is 12.5 Å². The summed E-state index contributed by atoms with van der Waals surface area (Å²) in [5, 5.41) is 0. The number of nitrogens with two attached hydrogens (primary N) is 2. The second kappa shape index (κ2) is 11.9. The fraction of sp³-hybridized carbons (Fsp3) is 0.368. The summed E-state index contributed by atoms with van der Waals surface area (Å²) in [4.78, 5) is 61.9. The number of carbonyl (C=O) groups excluding carboxylic acids is 1. The van der Waals surface area contributed by atoms with Crippen LogP contribution in [0.4, 0.5) is 5.82 Å². The van der Waals surface area contributed by atoms with E-state index in [9.17, 15) is 28.3 Å². The molecule has 22 heteroatoms. The van der Waals surface area contributed by atoms with Gasteiger partial charge in [0.2, 0.25) is 0 Å². The quantitative estimate of drug-likeness (QED) is 0.127. The highest BCUT2D eigenvalue weighted by molar-refractivity contribution is 7.66. The predicted octanol–water partition coefficient (Wildman–Crippen LogP) is 1.28. The zero-order chi connectivity index (χ0) is 30.2. The average Bonchev–Trinajstić information content (AvgIpc) is 3.45. The number of hydrogen-bond acceptors (Lipinski definition) is 14. The highest BCUT2D eigenvalue weighted by Gasteiger charge is 2.44. The van der Waals surface area contributed by atoms with Crippen LogP contribution in [0, 0.1) is 0 Å². The molecule has 0 amide bonds. The number of phosphoric acid groups is 3. The third-order valence-corrected chi connectivity index (χ3v) is 9.43. The molecule has 224 valence electrons. The van der Waals surface area contributed by atoms with Crippen LogP contribution in [0.1, 0.15) is 41.5 Å². The Hall–Kier alpha value is -2.63. The minimum Gasteiger partial charge on any atom is -0.456 e. The Labute approximate surface area is 230 Å². The van der Waals surface area contributed by atoms with E-state index in [1.54, 1.807) is 25.1 Å². The molecule has 41 heavy (non-hydrogen) atoms. The summed E-state index contributed by atoms with van der Waals surface area (Å²) in [6, 6.07) is 5.91. The van der Waals surface area contributed by atoms with Crippen LogP contribution in [-0.2, 0) is 36.3 Å². The maximum Gasteiger partial charge on any atom is 0.490 e. The maximum atomic E-state index is 13.1. The Balaban J connectivity index is 1.57. The molecule has 1 saturated heterocycles. The number of imidazole rings is 1. The number of nitrogen functional groups attached to an aromatic ring is 1. The number of aromatic nitrogens is 4. The summed E-state index contributed by atoms with van der Waals surface area (Å²) in [5.41, 5.74) is 13.0. The van der Waals surface area contributed by atoms with Crippen molar-refractivity contribution in [3.05, 3.63) is 48.0 Å². The van der Waals surface area contributed by atoms with Crippen LogP contribution in [0.2, 0.25) is 0 Å². The van der Waals surface area contributed by atoms with E-state index < -0.39 is 60.5 Å². The Kier molecular flexibility index (Phi) is 9.11. The minimum absolute atomic E-state index is 0.0497. The number of anilines is 1. The first-order valence-corrected chi connectivity index (χ1v) is 16.0.